The first-order valence-electron chi connectivity index (χ1n) is 10.6. The molecule has 162 valence electrons. The van der Waals surface area contributed by atoms with E-state index in [1.54, 1.807) is 25.1 Å². The SMILES string of the molecule is CCN1CCN(Cc2ccc(CNC(=O)c3ccccc3S(=O)(=O)CC)cc2)CC1. The molecule has 3 rings (SSSR count). The summed E-state index contributed by atoms with van der Waals surface area (Å²) in [5, 5.41) is 2.84. The molecule has 1 heterocycles. The van der Waals surface area contributed by atoms with E-state index >= 15 is 0 Å². The summed E-state index contributed by atoms with van der Waals surface area (Å²) in [6.45, 7) is 10.6. The number of nitrogens with zero attached hydrogens (tertiary/aromatic N) is 2. The number of carbonyl (C=O) groups excluding carboxylic acids is 1. The lowest BCUT2D eigenvalue weighted by Crippen LogP contribution is -2.45. The first-order chi connectivity index (χ1) is 14.4. The van der Waals surface area contributed by atoms with E-state index in [9.17, 15) is 13.2 Å². The molecule has 1 saturated heterocycles. The molecular weight excluding hydrogens is 398 g/mol. The highest BCUT2D eigenvalue weighted by Gasteiger charge is 2.20. The fourth-order valence-electron chi connectivity index (χ4n) is 3.64. The fraction of sp³-hybridized carbons (Fsp3) is 0.435. The molecule has 30 heavy (non-hydrogen) atoms. The van der Waals surface area contributed by atoms with Gasteiger partial charge in [-0.2, -0.15) is 0 Å². The third kappa shape index (κ3) is 5.68. The number of rotatable bonds is 8. The van der Waals surface area contributed by atoms with E-state index in [1.165, 1.54) is 11.6 Å². The number of hydrogen-bond acceptors (Lipinski definition) is 5. The monoisotopic (exact) mass is 429 g/mol. The van der Waals surface area contributed by atoms with Gasteiger partial charge in [0.1, 0.15) is 0 Å². The standard InChI is InChI=1S/C23H31N3O3S/c1-3-25-13-15-26(16-14-25)18-20-11-9-19(10-12-20)17-24-23(27)21-7-5-6-8-22(21)30(28,29)4-2/h5-12H,3-4,13-18H2,1-2H3,(H,24,27). The van der Waals surface area contributed by atoms with Gasteiger partial charge in [0.15, 0.2) is 9.84 Å². The molecule has 2 aromatic rings. The average molecular weight is 430 g/mol. The van der Waals surface area contributed by atoms with Gasteiger partial charge in [-0.05, 0) is 29.8 Å². The highest BCUT2D eigenvalue weighted by atomic mass is 32.2. The van der Waals surface area contributed by atoms with Crippen molar-refractivity contribution in [3.05, 3.63) is 65.2 Å². The Morgan fingerprint density at radius 3 is 2.13 bits per heavy atom. The third-order valence-electron chi connectivity index (χ3n) is 5.64. The first kappa shape index (κ1) is 22.5. The van der Waals surface area contributed by atoms with E-state index in [0.29, 0.717) is 6.54 Å². The summed E-state index contributed by atoms with van der Waals surface area (Å²) in [4.78, 5) is 17.6. The van der Waals surface area contributed by atoms with Crippen LogP contribution in [-0.2, 0) is 22.9 Å². The molecule has 1 fully saturated rings. The highest BCUT2D eigenvalue weighted by Crippen LogP contribution is 2.17. The van der Waals surface area contributed by atoms with Crippen LogP contribution >= 0.6 is 0 Å². The van der Waals surface area contributed by atoms with Crippen LogP contribution in [0.3, 0.4) is 0 Å². The van der Waals surface area contributed by atoms with Crippen LogP contribution in [0.25, 0.3) is 0 Å². The Kier molecular flexibility index (Phi) is 7.64. The summed E-state index contributed by atoms with van der Waals surface area (Å²) in [6, 6.07) is 14.6. The van der Waals surface area contributed by atoms with Gasteiger partial charge in [-0.1, -0.05) is 50.2 Å². The maximum atomic E-state index is 12.6. The quantitative estimate of drug-likeness (QED) is 0.698. The van der Waals surface area contributed by atoms with Crippen molar-refractivity contribution in [3.63, 3.8) is 0 Å². The van der Waals surface area contributed by atoms with Crippen molar-refractivity contribution >= 4 is 15.7 Å². The van der Waals surface area contributed by atoms with E-state index in [1.807, 2.05) is 12.1 Å². The van der Waals surface area contributed by atoms with Gasteiger partial charge in [-0.25, -0.2) is 8.42 Å². The Labute approximate surface area is 179 Å². The van der Waals surface area contributed by atoms with Gasteiger partial charge in [0.05, 0.1) is 16.2 Å². The molecule has 0 radical (unpaired) electrons. The zero-order chi connectivity index (χ0) is 21.6. The lowest BCUT2D eigenvalue weighted by atomic mass is 10.1. The third-order valence-corrected chi connectivity index (χ3v) is 7.43. The van der Waals surface area contributed by atoms with Crippen molar-refractivity contribution in [2.75, 3.05) is 38.5 Å². The van der Waals surface area contributed by atoms with Crippen molar-refractivity contribution in [1.82, 2.24) is 15.1 Å². The van der Waals surface area contributed by atoms with Gasteiger partial charge in [0.2, 0.25) is 0 Å². The maximum Gasteiger partial charge on any atom is 0.252 e. The Bertz CT molecular complexity index is 950. The van der Waals surface area contributed by atoms with Gasteiger partial charge in [-0.15, -0.1) is 0 Å². The van der Waals surface area contributed by atoms with Crippen LogP contribution < -0.4 is 5.32 Å². The Hall–Kier alpha value is -2.22. The molecule has 1 aliphatic heterocycles. The zero-order valence-electron chi connectivity index (χ0n) is 17.8. The van der Waals surface area contributed by atoms with Crippen LogP contribution in [0.15, 0.2) is 53.4 Å². The Morgan fingerprint density at radius 2 is 1.50 bits per heavy atom. The van der Waals surface area contributed by atoms with E-state index < -0.39 is 9.84 Å². The van der Waals surface area contributed by atoms with Crippen molar-refractivity contribution < 1.29 is 13.2 Å². The van der Waals surface area contributed by atoms with Crippen LogP contribution in [0.4, 0.5) is 0 Å². The molecule has 1 amide bonds. The summed E-state index contributed by atoms with van der Waals surface area (Å²) in [7, 11) is -3.45. The Morgan fingerprint density at radius 1 is 0.900 bits per heavy atom. The first-order valence-corrected chi connectivity index (χ1v) is 12.2. The largest absolute Gasteiger partial charge is 0.348 e. The van der Waals surface area contributed by atoms with Gasteiger partial charge in [0.25, 0.3) is 5.91 Å². The number of nitrogens with one attached hydrogen (secondary N) is 1. The molecule has 0 aromatic heterocycles. The molecule has 7 heteroatoms. The smallest absolute Gasteiger partial charge is 0.252 e. The molecule has 1 N–H and O–H groups in total. The van der Waals surface area contributed by atoms with Crippen LogP contribution in [0.5, 0.6) is 0 Å². The molecular formula is C23H31N3O3S. The van der Waals surface area contributed by atoms with E-state index in [2.05, 4.69) is 34.2 Å². The zero-order valence-corrected chi connectivity index (χ0v) is 18.6. The van der Waals surface area contributed by atoms with Crippen LogP contribution in [-0.4, -0.2) is 62.6 Å². The Balaban J connectivity index is 1.56. The van der Waals surface area contributed by atoms with Gasteiger partial charge in [-0.3, -0.25) is 9.69 Å². The van der Waals surface area contributed by atoms with Crippen LogP contribution in [0, 0.1) is 0 Å². The highest BCUT2D eigenvalue weighted by molar-refractivity contribution is 7.91. The molecule has 0 atom stereocenters. The molecule has 0 unspecified atom stereocenters. The minimum absolute atomic E-state index is 0.0355. The topological polar surface area (TPSA) is 69.7 Å². The number of hydrogen-bond donors (Lipinski definition) is 1. The average Bonchev–Trinajstić information content (AvgIpc) is 2.79. The predicted octanol–water partition coefficient (Wildman–Crippen LogP) is 2.55. The lowest BCUT2D eigenvalue weighted by Gasteiger charge is -2.34. The summed E-state index contributed by atoms with van der Waals surface area (Å²) >= 11 is 0. The van der Waals surface area contributed by atoms with E-state index in [-0.39, 0.29) is 22.1 Å². The second-order valence-electron chi connectivity index (χ2n) is 7.61. The maximum absolute atomic E-state index is 12.6. The number of piperazine rings is 1. The van der Waals surface area contributed by atoms with Gasteiger partial charge in [0, 0.05) is 39.3 Å². The summed E-state index contributed by atoms with van der Waals surface area (Å²) in [5.41, 5.74) is 2.44. The minimum Gasteiger partial charge on any atom is -0.348 e. The number of amides is 1. The molecule has 0 bridgehead atoms. The summed E-state index contributed by atoms with van der Waals surface area (Å²) < 4.78 is 24.5. The van der Waals surface area contributed by atoms with Crippen molar-refractivity contribution in [1.29, 1.82) is 0 Å². The fourth-order valence-corrected chi connectivity index (χ4v) is 4.74. The second-order valence-corrected chi connectivity index (χ2v) is 9.86. The van der Waals surface area contributed by atoms with Crippen molar-refractivity contribution in [2.45, 2.75) is 31.8 Å². The van der Waals surface area contributed by atoms with Gasteiger partial charge >= 0.3 is 0 Å². The van der Waals surface area contributed by atoms with Crippen LogP contribution in [0.1, 0.15) is 35.3 Å². The molecule has 0 spiro atoms. The number of benzene rings is 2. The van der Waals surface area contributed by atoms with Crippen molar-refractivity contribution in [3.8, 4) is 0 Å². The second kappa shape index (κ2) is 10.2. The predicted molar refractivity (Wildman–Crippen MR) is 119 cm³/mol. The summed E-state index contributed by atoms with van der Waals surface area (Å²) in [5.74, 6) is -0.410. The molecule has 1 aliphatic rings. The number of sulfone groups is 1. The number of carbonyl (C=O) groups is 1. The summed E-state index contributed by atoms with van der Waals surface area (Å²) in [6.07, 6.45) is 0. The van der Waals surface area contributed by atoms with Crippen LogP contribution in [0.2, 0.25) is 0 Å². The molecule has 6 nitrogen and oxygen atoms in total. The van der Waals surface area contributed by atoms with E-state index in [0.717, 1.165) is 44.8 Å². The van der Waals surface area contributed by atoms with Crippen molar-refractivity contribution in [2.24, 2.45) is 0 Å². The normalized spacial score (nSPS) is 15.8. The number of likely N-dealkylation sites (N-methyl/N-ethyl adjacent to an activating group) is 1. The lowest BCUT2D eigenvalue weighted by molar-refractivity contribution is 0.0947. The molecule has 2 aromatic carbocycles. The molecule has 0 saturated carbocycles. The van der Waals surface area contributed by atoms with Gasteiger partial charge < -0.3 is 10.2 Å². The van der Waals surface area contributed by atoms with E-state index in [4.69, 9.17) is 0 Å². The minimum atomic E-state index is -3.45. The molecule has 0 aliphatic carbocycles.